The Balaban J connectivity index is 2.55. The summed E-state index contributed by atoms with van der Waals surface area (Å²) >= 11 is 0. The molecule has 1 fully saturated rings. The van der Waals surface area contributed by atoms with Crippen molar-refractivity contribution in [2.75, 3.05) is 13.2 Å². The predicted octanol–water partition coefficient (Wildman–Crippen LogP) is 2.39. The van der Waals surface area contributed by atoms with Gasteiger partial charge >= 0.3 is 5.97 Å². The second kappa shape index (κ2) is 6.11. The van der Waals surface area contributed by atoms with Crippen LogP contribution in [0.15, 0.2) is 0 Å². The number of hydrogen-bond acceptors (Lipinski definition) is 3. The normalized spacial score (nSPS) is 31.3. The first-order valence-corrected chi connectivity index (χ1v) is 5.97. The number of rotatable bonds is 4. The molecule has 0 N–H and O–H groups in total. The first-order valence-electron chi connectivity index (χ1n) is 5.97. The predicted molar refractivity (Wildman–Crippen MR) is 58.6 cm³/mol. The van der Waals surface area contributed by atoms with Gasteiger partial charge in [0.05, 0.1) is 18.6 Å². The minimum atomic E-state index is -0.0807. The molecule has 15 heavy (non-hydrogen) atoms. The van der Waals surface area contributed by atoms with Crippen molar-refractivity contribution in [1.29, 1.82) is 0 Å². The molecule has 3 nitrogen and oxygen atoms in total. The number of hydrogen-bond donors (Lipinski definition) is 0. The zero-order chi connectivity index (χ0) is 11.3. The molecule has 3 heteroatoms. The summed E-state index contributed by atoms with van der Waals surface area (Å²) in [5.41, 5.74) is 0. The van der Waals surface area contributed by atoms with E-state index in [0.29, 0.717) is 19.1 Å². The lowest BCUT2D eigenvalue weighted by Crippen LogP contribution is -2.37. The zero-order valence-electron chi connectivity index (χ0n) is 9.99. The lowest BCUT2D eigenvalue weighted by atomic mass is 9.80. The Bertz CT molecular complexity index is 203. The Morgan fingerprint density at radius 1 is 1.27 bits per heavy atom. The van der Waals surface area contributed by atoms with Gasteiger partial charge in [0.15, 0.2) is 0 Å². The van der Waals surface area contributed by atoms with Gasteiger partial charge in [-0.1, -0.05) is 6.92 Å². The van der Waals surface area contributed by atoms with E-state index in [4.69, 9.17) is 9.47 Å². The van der Waals surface area contributed by atoms with Gasteiger partial charge in [-0.25, -0.2) is 0 Å². The molecule has 1 saturated carbocycles. The molecule has 88 valence electrons. The maximum Gasteiger partial charge on any atom is 0.311 e. The van der Waals surface area contributed by atoms with Gasteiger partial charge in [-0.2, -0.15) is 0 Å². The van der Waals surface area contributed by atoms with Crippen LogP contribution in [0.1, 0.15) is 40.0 Å². The van der Waals surface area contributed by atoms with E-state index in [9.17, 15) is 4.79 Å². The van der Waals surface area contributed by atoms with E-state index in [1.165, 1.54) is 0 Å². The van der Waals surface area contributed by atoms with Crippen molar-refractivity contribution in [2.24, 2.45) is 11.8 Å². The van der Waals surface area contributed by atoms with Crippen LogP contribution in [-0.4, -0.2) is 25.3 Å². The van der Waals surface area contributed by atoms with Gasteiger partial charge in [0.1, 0.15) is 0 Å². The van der Waals surface area contributed by atoms with E-state index in [0.717, 1.165) is 19.3 Å². The highest BCUT2D eigenvalue weighted by molar-refractivity contribution is 5.73. The van der Waals surface area contributed by atoms with Crippen molar-refractivity contribution >= 4 is 5.97 Å². The Morgan fingerprint density at radius 3 is 2.60 bits per heavy atom. The molecule has 0 aliphatic heterocycles. The summed E-state index contributed by atoms with van der Waals surface area (Å²) in [4.78, 5) is 11.7. The third kappa shape index (κ3) is 3.49. The van der Waals surface area contributed by atoms with Crippen molar-refractivity contribution in [3.05, 3.63) is 0 Å². The van der Waals surface area contributed by atoms with Crippen molar-refractivity contribution < 1.29 is 14.3 Å². The third-order valence-corrected chi connectivity index (χ3v) is 3.02. The average Bonchev–Trinajstić information content (AvgIpc) is 2.18. The Morgan fingerprint density at radius 2 is 2.00 bits per heavy atom. The minimum Gasteiger partial charge on any atom is -0.466 e. The summed E-state index contributed by atoms with van der Waals surface area (Å²) < 4.78 is 10.7. The Hall–Kier alpha value is -0.570. The first-order chi connectivity index (χ1) is 7.19. The topological polar surface area (TPSA) is 35.5 Å². The van der Waals surface area contributed by atoms with Gasteiger partial charge in [0.25, 0.3) is 0 Å². The molecule has 3 unspecified atom stereocenters. The standard InChI is InChI=1S/C12H22O3/c1-4-14-11-8-9(3)6-7-10(11)12(13)15-5-2/h9-11H,4-8H2,1-3H3. The van der Waals surface area contributed by atoms with Gasteiger partial charge < -0.3 is 9.47 Å². The average molecular weight is 214 g/mol. The number of esters is 1. The fraction of sp³-hybridized carbons (Fsp3) is 0.917. The lowest BCUT2D eigenvalue weighted by molar-refractivity contribution is -0.156. The maximum absolute atomic E-state index is 11.7. The molecule has 3 atom stereocenters. The molecule has 0 aromatic carbocycles. The fourth-order valence-corrected chi connectivity index (χ4v) is 2.25. The smallest absolute Gasteiger partial charge is 0.311 e. The molecule has 1 rings (SSSR count). The SMILES string of the molecule is CCOC(=O)C1CCC(C)CC1OCC. The summed E-state index contributed by atoms with van der Waals surface area (Å²) in [6.45, 7) is 7.17. The summed E-state index contributed by atoms with van der Waals surface area (Å²) in [7, 11) is 0. The summed E-state index contributed by atoms with van der Waals surface area (Å²) in [5, 5.41) is 0. The van der Waals surface area contributed by atoms with Gasteiger partial charge in [-0.3, -0.25) is 4.79 Å². The first kappa shape index (κ1) is 12.5. The molecule has 0 amide bonds. The minimum absolute atomic E-state index is 0.0406. The highest BCUT2D eigenvalue weighted by Gasteiger charge is 2.34. The summed E-state index contributed by atoms with van der Waals surface area (Å²) in [6, 6.07) is 0. The lowest BCUT2D eigenvalue weighted by Gasteiger charge is -2.32. The second-order valence-corrected chi connectivity index (χ2v) is 4.27. The molecule has 0 heterocycles. The van der Waals surface area contributed by atoms with Crippen molar-refractivity contribution in [3.63, 3.8) is 0 Å². The molecular formula is C12H22O3. The largest absolute Gasteiger partial charge is 0.466 e. The molecule has 0 spiro atoms. The van der Waals surface area contributed by atoms with Gasteiger partial charge in [-0.15, -0.1) is 0 Å². The third-order valence-electron chi connectivity index (χ3n) is 3.02. The van der Waals surface area contributed by atoms with Crippen molar-refractivity contribution in [3.8, 4) is 0 Å². The molecular weight excluding hydrogens is 192 g/mol. The van der Waals surface area contributed by atoms with E-state index < -0.39 is 0 Å². The van der Waals surface area contributed by atoms with E-state index >= 15 is 0 Å². The Kier molecular flexibility index (Phi) is 5.09. The molecule has 0 aromatic rings. The van der Waals surface area contributed by atoms with Crippen LogP contribution < -0.4 is 0 Å². The number of ether oxygens (including phenoxy) is 2. The maximum atomic E-state index is 11.7. The van der Waals surface area contributed by atoms with Crippen LogP contribution in [0.5, 0.6) is 0 Å². The summed E-state index contributed by atoms with van der Waals surface area (Å²) in [5.74, 6) is 0.538. The van der Waals surface area contributed by atoms with Gasteiger partial charge in [0.2, 0.25) is 0 Å². The highest BCUT2D eigenvalue weighted by Crippen LogP contribution is 2.31. The molecule has 0 radical (unpaired) electrons. The van der Waals surface area contributed by atoms with Crippen LogP contribution in [0.3, 0.4) is 0 Å². The van der Waals surface area contributed by atoms with Crippen LogP contribution >= 0.6 is 0 Å². The Labute approximate surface area is 92.1 Å². The van der Waals surface area contributed by atoms with Crippen LogP contribution in [0.2, 0.25) is 0 Å². The molecule has 0 aromatic heterocycles. The van der Waals surface area contributed by atoms with Gasteiger partial charge in [0, 0.05) is 6.61 Å². The molecule has 1 aliphatic carbocycles. The summed E-state index contributed by atoms with van der Waals surface area (Å²) in [6.07, 6.45) is 3.06. The van der Waals surface area contributed by atoms with Gasteiger partial charge in [-0.05, 0) is 39.0 Å². The number of carbonyl (C=O) groups excluding carboxylic acids is 1. The van der Waals surface area contributed by atoms with Crippen LogP contribution in [0.25, 0.3) is 0 Å². The second-order valence-electron chi connectivity index (χ2n) is 4.27. The molecule has 0 bridgehead atoms. The van der Waals surface area contributed by atoms with E-state index in [1.807, 2.05) is 13.8 Å². The molecule has 1 aliphatic rings. The monoisotopic (exact) mass is 214 g/mol. The molecule has 0 saturated heterocycles. The van der Waals surface area contributed by atoms with Crippen LogP contribution in [-0.2, 0) is 14.3 Å². The van der Waals surface area contributed by atoms with E-state index in [-0.39, 0.29) is 18.0 Å². The van der Waals surface area contributed by atoms with Crippen molar-refractivity contribution in [2.45, 2.75) is 46.1 Å². The fourth-order valence-electron chi connectivity index (χ4n) is 2.25. The van der Waals surface area contributed by atoms with Crippen molar-refractivity contribution in [1.82, 2.24) is 0 Å². The number of carbonyl (C=O) groups is 1. The van der Waals surface area contributed by atoms with Crippen LogP contribution in [0, 0.1) is 11.8 Å². The van der Waals surface area contributed by atoms with Crippen LogP contribution in [0.4, 0.5) is 0 Å². The quantitative estimate of drug-likeness (QED) is 0.674. The van der Waals surface area contributed by atoms with E-state index in [1.54, 1.807) is 0 Å². The zero-order valence-corrected chi connectivity index (χ0v) is 9.99. The van der Waals surface area contributed by atoms with E-state index in [2.05, 4.69) is 6.92 Å². The highest BCUT2D eigenvalue weighted by atomic mass is 16.5.